The van der Waals surface area contributed by atoms with Crippen LogP contribution >= 0.6 is 0 Å². The minimum Gasteiger partial charge on any atom is -0.272 e. The third-order valence-electron chi connectivity index (χ3n) is 4.20. The quantitative estimate of drug-likeness (QED) is 0.570. The van der Waals surface area contributed by atoms with Crippen LogP contribution in [0, 0.1) is 13.8 Å². The third-order valence-corrected chi connectivity index (χ3v) is 4.20. The maximum Gasteiger partial charge on any atom is 0.169 e. The Morgan fingerprint density at radius 2 is 1.36 bits per heavy atom. The van der Waals surface area contributed by atoms with Gasteiger partial charge in [0.1, 0.15) is 6.33 Å². The molecule has 0 unspecified atom stereocenters. The van der Waals surface area contributed by atoms with Crippen LogP contribution in [0.4, 0.5) is 0 Å². The van der Waals surface area contributed by atoms with Gasteiger partial charge in [-0.2, -0.15) is 0 Å². The molecule has 4 rings (SSSR count). The van der Waals surface area contributed by atoms with E-state index in [9.17, 15) is 0 Å². The van der Waals surface area contributed by atoms with E-state index >= 15 is 0 Å². The number of benzene rings is 2. The van der Waals surface area contributed by atoms with Crippen molar-refractivity contribution in [2.24, 2.45) is 0 Å². The van der Waals surface area contributed by atoms with Gasteiger partial charge in [-0.3, -0.25) is 4.57 Å². The van der Waals surface area contributed by atoms with Gasteiger partial charge in [0, 0.05) is 11.1 Å². The standard InChI is InChI=1S/C20H17N5/c1-14-7-6-8-15(2)18(14)20-24-23-19(16-9-4-3-5-10-16)25(20)17-11-21-13-22-12-17/h3-13H,1-2H3. The van der Waals surface area contributed by atoms with Crippen LogP contribution in [0.2, 0.25) is 0 Å². The van der Waals surface area contributed by atoms with Crippen molar-refractivity contribution in [3.63, 3.8) is 0 Å². The van der Waals surface area contributed by atoms with Crippen molar-refractivity contribution in [3.8, 4) is 28.5 Å². The first-order chi connectivity index (χ1) is 12.3. The molecule has 25 heavy (non-hydrogen) atoms. The van der Waals surface area contributed by atoms with Gasteiger partial charge >= 0.3 is 0 Å². The number of aromatic nitrogens is 5. The Hall–Kier alpha value is -3.34. The van der Waals surface area contributed by atoms with Crippen molar-refractivity contribution < 1.29 is 0 Å². The summed E-state index contributed by atoms with van der Waals surface area (Å²) in [7, 11) is 0. The monoisotopic (exact) mass is 327 g/mol. The summed E-state index contributed by atoms with van der Waals surface area (Å²) in [6.07, 6.45) is 5.08. The van der Waals surface area contributed by atoms with Crippen LogP contribution in [0.1, 0.15) is 11.1 Å². The van der Waals surface area contributed by atoms with Gasteiger partial charge in [0.25, 0.3) is 0 Å². The first-order valence-electron chi connectivity index (χ1n) is 8.08. The van der Waals surface area contributed by atoms with Gasteiger partial charge in [-0.25, -0.2) is 9.97 Å². The molecule has 5 nitrogen and oxygen atoms in total. The second kappa shape index (κ2) is 6.28. The fourth-order valence-corrected chi connectivity index (χ4v) is 3.04. The van der Waals surface area contributed by atoms with E-state index in [0.717, 1.165) is 39.6 Å². The molecule has 122 valence electrons. The van der Waals surface area contributed by atoms with Crippen molar-refractivity contribution in [3.05, 3.63) is 78.4 Å². The van der Waals surface area contributed by atoms with Gasteiger partial charge in [-0.1, -0.05) is 48.5 Å². The normalized spacial score (nSPS) is 10.8. The number of aryl methyl sites for hydroxylation is 2. The number of nitrogens with zero attached hydrogens (tertiary/aromatic N) is 5. The van der Waals surface area contributed by atoms with E-state index in [1.54, 1.807) is 12.4 Å². The van der Waals surface area contributed by atoms with Crippen molar-refractivity contribution in [1.82, 2.24) is 24.7 Å². The molecule has 2 aromatic carbocycles. The Labute approximate surface area is 146 Å². The van der Waals surface area contributed by atoms with Gasteiger partial charge in [0.05, 0.1) is 18.1 Å². The van der Waals surface area contributed by atoms with E-state index in [-0.39, 0.29) is 0 Å². The molecule has 0 amide bonds. The Morgan fingerprint density at radius 1 is 0.720 bits per heavy atom. The molecule has 0 aliphatic rings. The predicted molar refractivity (Wildman–Crippen MR) is 97.3 cm³/mol. The lowest BCUT2D eigenvalue weighted by molar-refractivity contribution is 1.01. The second-order valence-corrected chi connectivity index (χ2v) is 5.91. The summed E-state index contributed by atoms with van der Waals surface area (Å²) in [4.78, 5) is 8.34. The Morgan fingerprint density at radius 3 is 2.04 bits per heavy atom. The summed E-state index contributed by atoms with van der Waals surface area (Å²) in [5.74, 6) is 1.57. The molecule has 2 aromatic heterocycles. The smallest absolute Gasteiger partial charge is 0.169 e. The Bertz CT molecular complexity index is 987. The largest absolute Gasteiger partial charge is 0.272 e. The summed E-state index contributed by atoms with van der Waals surface area (Å²) >= 11 is 0. The summed E-state index contributed by atoms with van der Waals surface area (Å²) in [5.41, 5.74) is 5.23. The fraction of sp³-hybridized carbons (Fsp3) is 0.100. The molecule has 2 heterocycles. The zero-order valence-corrected chi connectivity index (χ0v) is 14.1. The van der Waals surface area contributed by atoms with Crippen molar-refractivity contribution in [2.75, 3.05) is 0 Å². The highest BCUT2D eigenvalue weighted by Crippen LogP contribution is 2.31. The van der Waals surface area contributed by atoms with Crippen LogP contribution in [0.25, 0.3) is 28.5 Å². The van der Waals surface area contributed by atoms with Gasteiger partial charge in [-0.05, 0) is 25.0 Å². The lowest BCUT2D eigenvalue weighted by Crippen LogP contribution is -2.03. The first-order valence-corrected chi connectivity index (χ1v) is 8.08. The van der Waals surface area contributed by atoms with Crippen molar-refractivity contribution in [1.29, 1.82) is 0 Å². The topological polar surface area (TPSA) is 56.5 Å². The van der Waals surface area contributed by atoms with E-state index in [1.807, 2.05) is 34.9 Å². The molecule has 0 aliphatic heterocycles. The predicted octanol–water partition coefficient (Wildman–Crippen LogP) is 4.01. The van der Waals surface area contributed by atoms with Gasteiger partial charge in [-0.15, -0.1) is 10.2 Å². The lowest BCUT2D eigenvalue weighted by Gasteiger charge is -2.13. The van der Waals surface area contributed by atoms with E-state index in [4.69, 9.17) is 0 Å². The lowest BCUT2D eigenvalue weighted by atomic mass is 10.0. The average molecular weight is 327 g/mol. The summed E-state index contributed by atoms with van der Waals surface area (Å²) < 4.78 is 2.02. The van der Waals surface area contributed by atoms with E-state index in [0.29, 0.717) is 0 Å². The van der Waals surface area contributed by atoms with Crippen LogP contribution in [0.3, 0.4) is 0 Å². The third kappa shape index (κ3) is 2.70. The molecule has 0 saturated carbocycles. The zero-order valence-electron chi connectivity index (χ0n) is 14.1. The van der Waals surface area contributed by atoms with E-state index in [2.05, 4.69) is 52.2 Å². The van der Waals surface area contributed by atoms with Crippen LogP contribution in [0.5, 0.6) is 0 Å². The van der Waals surface area contributed by atoms with Crippen LogP contribution in [-0.2, 0) is 0 Å². The molecular formula is C20H17N5. The minimum atomic E-state index is 0.771. The minimum absolute atomic E-state index is 0.771. The van der Waals surface area contributed by atoms with E-state index in [1.165, 1.54) is 6.33 Å². The number of rotatable bonds is 3. The maximum atomic E-state index is 4.52. The molecule has 0 fully saturated rings. The molecular weight excluding hydrogens is 310 g/mol. The van der Waals surface area contributed by atoms with Crippen LogP contribution in [-0.4, -0.2) is 24.7 Å². The van der Waals surface area contributed by atoms with Crippen LogP contribution in [0.15, 0.2) is 67.3 Å². The fourth-order valence-electron chi connectivity index (χ4n) is 3.04. The summed E-state index contributed by atoms with van der Waals surface area (Å²) in [5, 5.41) is 9.00. The second-order valence-electron chi connectivity index (χ2n) is 5.91. The molecule has 0 saturated heterocycles. The first kappa shape index (κ1) is 15.2. The average Bonchev–Trinajstić information content (AvgIpc) is 3.08. The SMILES string of the molecule is Cc1cccc(C)c1-c1nnc(-c2ccccc2)n1-c1cncnc1. The van der Waals surface area contributed by atoms with Crippen LogP contribution < -0.4 is 0 Å². The maximum absolute atomic E-state index is 4.52. The molecule has 0 atom stereocenters. The molecule has 4 aromatic rings. The van der Waals surface area contributed by atoms with Gasteiger partial charge in [0.2, 0.25) is 0 Å². The highest BCUT2D eigenvalue weighted by atomic mass is 15.3. The molecule has 0 aliphatic carbocycles. The number of hydrogen-bond acceptors (Lipinski definition) is 4. The summed E-state index contributed by atoms with van der Waals surface area (Å²) in [6.45, 7) is 4.18. The van der Waals surface area contributed by atoms with Gasteiger partial charge in [0.15, 0.2) is 11.6 Å². The molecule has 0 N–H and O–H groups in total. The molecule has 0 bridgehead atoms. The Kier molecular flexibility index (Phi) is 3.82. The molecule has 5 heteroatoms. The summed E-state index contributed by atoms with van der Waals surface area (Å²) in [6, 6.07) is 16.3. The number of hydrogen-bond donors (Lipinski definition) is 0. The Balaban J connectivity index is 2.03. The van der Waals surface area contributed by atoms with Crippen molar-refractivity contribution in [2.45, 2.75) is 13.8 Å². The molecule has 0 radical (unpaired) electrons. The zero-order chi connectivity index (χ0) is 17.2. The van der Waals surface area contributed by atoms with E-state index < -0.39 is 0 Å². The highest BCUT2D eigenvalue weighted by Gasteiger charge is 2.19. The molecule has 0 spiro atoms. The van der Waals surface area contributed by atoms with Gasteiger partial charge < -0.3 is 0 Å². The highest BCUT2D eigenvalue weighted by molar-refractivity contribution is 5.70. The van der Waals surface area contributed by atoms with Crippen molar-refractivity contribution >= 4 is 0 Å².